The Labute approximate surface area is 165 Å². The normalized spacial score (nSPS) is 27.0. The van der Waals surface area contributed by atoms with Gasteiger partial charge in [0, 0.05) is 44.9 Å². The Kier molecular flexibility index (Phi) is 1.04. The standard InChI is InChI=1S/C19H21N3O/c1-13-5-8-15(9-6-13)19-16(11-18(23)21(3)4)22-12-14(2)7-10-17(22)20-19/h5-10,12H,11H2,1-4H3/i1D3,2D3,3D3,4D3,5D,6D,7D,8D,9D,10D,11D2,12D. The summed E-state index contributed by atoms with van der Waals surface area (Å²) < 4.78 is 167. The summed E-state index contributed by atoms with van der Waals surface area (Å²) in [6.07, 6.45) is -5.23. The molecule has 2 heterocycles. The Morgan fingerprint density at radius 2 is 1.96 bits per heavy atom. The first kappa shape index (κ1) is 4.07. The van der Waals surface area contributed by atoms with E-state index in [2.05, 4.69) is 4.98 Å². The number of nitrogens with zero attached hydrogens (tertiary/aromatic N) is 3. The fourth-order valence-electron chi connectivity index (χ4n) is 1.75. The van der Waals surface area contributed by atoms with Gasteiger partial charge in [-0.2, -0.15) is 0 Å². The van der Waals surface area contributed by atoms with E-state index in [1.807, 2.05) is 0 Å². The molecule has 3 rings (SSSR count). The van der Waals surface area contributed by atoms with Crippen molar-refractivity contribution >= 4 is 11.6 Å². The number of imidazole rings is 1. The molecule has 0 radical (unpaired) electrons. The second kappa shape index (κ2) is 5.88. The summed E-state index contributed by atoms with van der Waals surface area (Å²) in [5.74, 6) is -2.31. The van der Waals surface area contributed by atoms with Crippen LogP contribution in [0.3, 0.4) is 0 Å². The van der Waals surface area contributed by atoms with E-state index in [1.54, 1.807) is 0 Å². The van der Waals surface area contributed by atoms with Gasteiger partial charge in [-0.05, 0) is 25.3 Å². The number of carbonyl (C=O) groups excluding carboxylic acids is 1. The van der Waals surface area contributed by atoms with E-state index in [0.29, 0.717) is 0 Å². The van der Waals surface area contributed by atoms with Gasteiger partial charge in [-0.15, -0.1) is 0 Å². The summed E-state index contributed by atoms with van der Waals surface area (Å²) in [5.41, 5.74) is -6.65. The van der Waals surface area contributed by atoms with Gasteiger partial charge >= 0.3 is 0 Å². The fourth-order valence-corrected chi connectivity index (χ4v) is 1.75. The molecule has 0 fully saturated rings. The SMILES string of the molecule is [2H]c1c([2H])c(C([2H])([2H])[2H])c([2H])c([2H])c1-c1nc2c([2H])c([2H])c(C([2H])([2H])[2H])c([2H])n2c1C([2H])([2H])C(=O)N(C([2H])([2H])[2H])C([2H])([2H])[2H]. The van der Waals surface area contributed by atoms with Gasteiger partial charge in [0.2, 0.25) is 5.91 Å². The maximum atomic E-state index is 13.5. The second-order valence-electron chi connectivity index (χ2n) is 4.22. The molecule has 0 saturated carbocycles. The molecule has 0 aliphatic carbocycles. The highest BCUT2D eigenvalue weighted by Crippen LogP contribution is 2.26. The number of benzene rings is 1. The summed E-state index contributed by atoms with van der Waals surface area (Å²) in [5, 5.41) is 0. The Balaban J connectivity index is 2.71. The van der Waals surface area contributed by atoms with E-state index < -0.39 is 121 Å². The molecule has 23 heavy (non-hydrogen) atoms. The number of aromatic nitrogens is 2. The minimum absolute atomic E-state index is 0.205. The molecular weight excluding hydrogens is 286 g/mol. The minimum atomic E-state index is -3.94. The van der Waals surface area contributed by atoms with Crippen molar-refractivity contribution in [2.24, 2.45) is 0 Å². The molecule has 2 aromatic heterocycles. The molecule has 4 nitrogen and oxygen atoms in total. The molecule has 0 unspecified atom stereocenters. The zero-order valence-electron chi connectivity index (χ0n) is 32.2. The predicted molar refractivity (Wildman–Crippen MR) is 92.5 cm³/mol. The van der Waals surface area contributed by atoms with Crippen molar-refractivity contribution in [3.05, 3.63) is 59.2 Å². The predicted octanol–water partition coefficient (Wildman–Crippen LogP) is 3.25. The lowest BCUT2D eigenvalue weighted by Crippen LogP contribution is -2.24. The highest BCUT2D eigenvalue weighted by molar-refractivity contribution is 5.81. The number of rotatable bonds is 3. The largest absolute Gasteiger partial charge is 0.348 e. The quantitative estimate of drug-likeness (QED) is 0.740. The average molecular weight is 329 g/mol. The Morgan fingerprint density at radius 1 is 1.22 bits per heavy atom. The molecule has 0 saturated heterocycles. The Morgan fingerprint density at radius 3 is 2.65 bits per heavy atom. The number of hydrogen-bond donors (Lipinski definition) is 0. The van der Waals surface area contributed by atoms with E-state index in [-0.39, 0.29) is 4.40 Å². The summed E-state index contributed by atoms with van der Waals surface area (Å²) in [7, 11) is 0. The van der Waals surface area contributed by atoms with Crippen LogP contribution in [0.4, 0.5) is 0 Å². The van der Waals surface area contributed by atoms with Crippen LogP contribution in [0.5, 0.6) is 0 Å². The smallest absolute Gasteiger partial charge is 0.228 e. The first-order chi connectivity index (χ1) is 19.5. The summed E-state index contributed by atoms with van der Waals surface area (Å²) >= 11 is 0. The molecule has 0 aliphatic rings. The van der Waals surface area contributed by atoms with Crippen LogP contribution in [-0.2, 0) is 11.2 Å². The maximum absolute atomic E-state index is 13.5. The highest BCUT2D eigenvalue weighted by Gasteiger charge is 2.18. The van der Waals surface area contributed by atoms with Gasteiger partial charge in [0.05, 0.1) is 27.4 Å². The van der Waals surface area contributed by atoms with E-state index in [0.717, 1.165) is 0 Å². The van der Waals surface area contributed by atoms with Crippen LogP contribution in [0.25, 0.3) is 16.9 Å². The van der Waals surface area contributed by atoms with Gasteiger partial charge < -0.3 is 9.30 Å². The molecule has 4 heteroatoms. The van der Waals surface area contributed by atoms with Crippen molar-refractivity contribution in [1.82, 2.24) is 14.3 Å². The first-order valence-corrected chi connectivity index (χ1v) is 5.99. The topological polar surface area (TPSA) is 37.6 Å². The molecule has 0 aliphatic heterocycles. The zero-order valence-corrected chi connectivity index (χ0v) is 11.2. The van der Waals surface area contributed by atoms with Crippen LogP contribution in [-0.4, -0.2) is 34.1 Å². The van der Waals surface area contributed by atoms with Crippen LogP contribution in [0.1, 0.15) is 45.6 Å². The van der Waals surface area contributed by atoms with Gasteiger partial charge in [0.25, 0.3) is 0 Å². The van der Waals surface area contributed by atoms with Crippen molar-refractivity contribution in [1.29, 1.82) is 0 Å². The van der Waals surface area contributed by atoms with E-state index in [4.69, 9.17) is 28.8 Å². The molecule has 0 spiro atoms. The van der Waals surface area contributed by atoms with Gasteiger partial charge in [0.1, 0.15) is 5.65 Å². The summed E-state index contributed by atoms with van der Waals surface area (Å²) in [6, 6.07) is -6.85. The minimum Gasteiger partial charge on any atom is -0.348 e. The number of carbonyl (C=O) groups is 1. The summed E-state index contributed by atoms with van der Waals surface area (Å²) in [4.78, 5) is 16.6. The zero-order chi connectivity index (χ0) is 34.4. The van der Waals surface area contributed by atoms with Gasteiger partial charge in [-0.25, -0.2) is 4.98 Å². The molecule has 3 aromatic rings. The van der Waals surface area contributed by atoms with E-state index >= 15 is 0 Å². The lowest BCUT2D eigenvalue weighted by atomic mass is 10.1. The van der Waals surface area contributed by atoms with Gasteiger partial charge in [-0.1, -0.05) is 35.8 Å². The van der Waals surface area contributed by atoms with Crippen LogP contribution in [0.2, 0.25) is 0 Å². The van der Waals surface area contributed by atoms with Crippen molar-refractivity contribution in [3.8, 4) is 11.3 Å². The highest BCUT2D eigenvalue weighted by atomic mass is 16.2. The molecule has 0 N–H and O–H groups in total. The van der Waals surface area contributed by atoms with Crippen LogP contribution in [0.15, 0.2) is 42.4 Å². The lowest BCUT2D eigenvalue weighted by molar-refractivity contribution is -0.128. The lowest BCUT2D eigenvalue weighted by Gasteiger charge is -2.11. The van der Waals surface area contributed by atoms with E-state index in [1.165, 1.54) is 0 Å². The molecule has 0 atom stereocenters. The van der Waals surface area contributed by atoms with Crippen molar-refractivity contribution in [2.75, 3.05) is 14.0 Å². The van der Waals surface area contributed by atoms with Crippen LogP contribution in [0, 0.1) is 13.7 Å². The molecule has 1 aromatic carbocycles. The average Bonchev–Trinajstić information content (AvgIpc) is 3.19. The van der Waals surface area contributed by atoms with E-state index in [9.17, 15) is 4.79 Å². The molecule has 0 bridgehead atoms. The van der Waals surface area contributed by atoms with Crippen LogP contribution >= 0.6 is 0 Å². The Bertz CT molecular complexity index is 1630. The van der Waals surface area contributed by atoms with Crippen molar-refractivity contribution in [2.45, 2.75) is 20.1 Å². The number of hydrogen-bond acceptors (Lipinski definition) is 2. The summed E-state index contributed by atoms with van der Waals surface area (Å²) in [6.45, 7) is -14.1. The fraction of sp³-hybridized carbons (Fsp3) is 0.263. The maximum Gasteiger partial charge on any atom is 0.228 e. The second-order valence-corrected chi connectivity index (χ2v) is 4.22. The third kappa shape index (κ3) is 2.97. The third-order valence-corrected chi connectivity index (χ3v) is 2.69. The van der Waals surface area contributed by atoms with Crippen molar-refractivity contribution in [3.63, 3.8) is 0 Å². The van der Waals surface area contributed by atoms with Crippen LogP contribution < -0.4 is 0 Å². The molecule has 1 amide bonds. The number of amides is 1. The third-order valence-electron chi connectivity index (χ3n) is 2.69. The molecular formula is C19H21N3O. The Hall–Kier alpha value is -2.62. The first-order valence-electron chi connectivity index (χ1n) is 16.5. The number of fused-ring (bicyclic) bond motifs is 1. The van der Waals surface area contributed by atoms with Gasteiger partial charge in [0.15, 0.2) is 0 Å². The van der Waals surface area contributed by atoms with Gasteiger partial charge in [-0.3, -0.25) is 4.79 Å². The van der Waals surface area contributed by atoms with Crippen molar-refractivity contribution < 1.29 is 33.6 Å². The number of likely N-dealkylation sites (N-methyl/N-ethyl adjacent to an activating group) is 1. The monoisotopic (exact) mass is 328 g/mol. The number of pyridine rings is 1. The molecule has 118 valence electrons.